The van der Waals surface area contributed by atoms with Gasteiger partial charge in [0.25, 0.3) is 0 Å². The number of benzene rings is 1. The fourth-order valence-corrected chi connectivity index (χ4v) is 1.56. The van der Waals surface area contributed by atoms with Crippen LogP contribution >= 0.6 is 11.6 Å². The van der Waals surface area contributed by atoms with Gasteiger partial charge in [0.1, 0.15) is 0 Å². The molecule has 0 fully saturated rings. The molecule has 0 aliphatic rings. The Kier molecular flexibility index (Phi) is 5.10. The molecule has 0 aliphatic carbocycles. The molecule has 1 rings (SSSR count). The lowest BCUT2D eigenvalue weighted by molar-refractivity contribution is -0.255. The first-order valence-electron chi connectivity index (χ1n) is 5.31. The third kappa shape index (κ3) is 3.53. The van der Waals surface area contributed by atoms with E-state index in [0.717, 1.165) is 12.8 Å². The first-order chi connectivity index (χ1) is 8.10. The van der Waals surface area contributed by atoms with Gasteiger partial charge in [-0.05, 0) is 18.6 Å². The molecule has 5 heteroatoms. The summed E-state index contributed by atoms with van der Waals surface area (Å²) in [5, 5.41) is 10.9. The lowest BCUT2D eigenvalue weighted by Gasteiger charge is -2.14. The quantitative estimate of drug-likeness (QED) is 0.731. The summed E-state index contributed by atoms with van der Waals surface area (Å²) in [5.74, 6) is -0.634. The van der Waals surface area contributed by atoms with Crippen molar-refractivity contribution in [1.82, 2.24) is 0 Å². The van der Waals surface area contributed by atoms with Gasteiger partial charge >= 0.3 is 0 Å². The summed E-state index contributed by atoms with van der Waals surface area (Å²) in [5.41, 5.74) is -0.0327. The zero-order valence-corrected chi connectivity index (χ0v) is 10.5. The molecule has 0 saturated carbocycles. The van der Waals surface area contributed by atoms with Crippen LogP contribution in [0.1, 0.15) is 30.1 Å². The maximum absolute atomic E-state index is 10.7. The van der Waals surface area contributed by atoms with E-state index >= 15 is 0 Å². The van der Waals surface area contributed by atoms with Crippen LogP contribution in [0.15, 0.2) is 12.1 Å². The number of hydrogen-bond acceptors (Lipinski definition) is 4. The molecule has 4 nitrogen and oxygen atoms in total. The maximum Gasteiger partial charge on any atom is 0.179 e. The molecule has 0 radical (unpaired) electrons. The van der Waals surface area contributed by atoms with Crippen molar-refractivity contribution in [2.75, 3.05) is 13.7 Å². The van der Waals surface area contributed by atoms with Gasteiger partial charge in [-0.2, -0.15) is 0 Å². The van der Waals surface area contributed by atoms with Crippen molar-refractivity contribution in [2.24, 2.45) is 0 Å². The van der Waals surface area contributed by atoms with Gasteiger partial charge in [0.05, 0.1) is 24.7 Å². The van der Waals surface area contributed by atoms with E-state index in [9.17, 15) is 9.90 Å². The van der Waals surface area contributed by atoms with Gasteiger partial charge < -0.3 is 19.4 Å². The van der Waals surface area contributed by atoms with Crippen LogP contribution in [-0.2, 0) is 0 Å². The number of carboxylic acids is 1. The van der Waals surface area contributed by atoms with Gasteiger partial charge in [0.15, 0.2) is 11.5 Å². The summed E-state index contributed by atoms with van der Waals surface area (Å²) in [4.78, 5) is 10.7. The summed E-state index contributed by atoms with van der Waals surface area (Å²) < 4.78 is 10.5. The average Bonchev–Trinajstić information content (AvgIpc) is 2.30. The molecule has 17 heavy (non-hydrogen) atoms. The van der Waals surface area contributed by atoms with Crippen molar-refractivity contribution in [3.8, 4) is 11.5 Å². The van der Waals surface area contributed by atoms with Gasteiger partial charge in [-0.15, -0.1) is 0 Å². The number of halogens is 1. The first-order valence-corrected chi connectivity index (χ1v) is 5.69. The lowest BCUT2D eigenvalue weighted by atomic mass is 10.2. The predicted octanol–water partition coefficient (Wildman–Crippen LogP) is 1.89. The molecule has 0 atom stereocenters. The summed E-state index contributed by atoms with van der Waals surface area (Å²) >= 11 is 5.94. The fourth-order valence-electron chi connectivity index (χ4n) is 1.30. The first kappa shape index (κ1) is 13.6. The topological polar surface area (TPSA) is 58.6 Å². The monoisotopic (exact) mass is 257 g/mol. The minimum atomic E-state index is -1.30. The van der Waals surface area contributed by atoms with Gasteiger partial charge in [0, 0.05) is 5.56 Å². The highest BCUT2D eigenvalue weighted by Crippen LogP contribution is 2.36. The van der Waals surface area contributed by atoms with E-state index in [1.165, 1.54) is 19.2 Å². The molecular weight excluding hydrogens is 244 g/mol. The van der Waals surface area contributed by atoms with E-state index in [2.05, 4.69) is 0 Å². The van der Waals surface area contributed by atoms with Gasteiger partial charge in [-0.1, -0.05) is 24.9 Å². The van der Waals surface area contributed by atoms with Crippen LogP contribution in [0, 0.1) is 0 Å². The number of carboxylic acid groups (broad SMARTS) is 1. The molecule has 0 aromatic heterocycles. The van der Waals surface area contributed by atoms with Crippen LogP contribution in [0.4, 0.5) is 0 Å². The zero-order chi connectivity index (χ0) is 12.8. The molecule has 0 spiro atoms. The molecular formula is C12H14ClO4-. The van der Waals surface area contributed by atoms with E-state index < -0.39 is 5.97 Å². The van der Waals surface area contributed by atoms with E-state index in [0.29, 0.717) is 18.1 Å². The maximum atomic E-state index is 10.7. The second-order valence-electron chi connectivity index (χ2n) is 3.48. The summed E-state index contributed by atoms with van der Waals surface area (Å²) in [6.07, 6.45) is 1.89. The SMILES string of the molecule is CCCCOc1c(Cl)cc(C(=O)[O-])cc1OC. The van der Waals surface area contributed by atoms with Gasteiger partial charge in [-0.25, -0.2) is 0 Å². The van der Waals surface area contributed by atoms with Crippen molar-refractivity contribution < 1.29 is 19.4 Å². The van der Waals surface area contributed by atoms with Crippen LogP contribution in [0.5, 0.6) is 11.5 Å². The van der Waals surface area contributed by atoms with Crippen molar-refractivity contribution in [3.63, 3.8) is 0 Å². The second-order valence-corrected chi connectivity index (χ2v) is 3.89. The highest BCUT2D eigenvalue weighted by atomic mass is 35.5. The Labute approximate surface area is 105 Å². The number of methoxy groups -OCH3 is 1. The molecule has 1 aromatic rings. The Balaban J connectivity index is 2.99. The molecule has 0 aliphatic heterocycles. The van der Waals surface area contributed by atoms with Crippen LogP contribution in [0.2, 0.25) is 5.02 Å². The van der Waals surface area contributed by atoms with Crippen LogP contribution < -0.4 is 14.6 Å². The Morgan fingerprint density at radius 3 is 2.71 bits per heavy atom. The predicted molar refractivity (Wildman–Crippen MR) is 62.7 cm³/mol. The number of carbonyl (C=O) groups is 1. The van der Waals surface area contributed by atoms with E-state index in [1.807, 2.05) is 6.92 Å². The summed E-state index contributed by atoms with van der Waals surface area (Å²) in [7, 11) is 1.43. The lowest BCUT2D eigenvalue weighted by Crippen LogP contribution is -2.22. The summed E-state index contributed by atoms with van der Waals surface area (Å²) in [6, 6.07) is 2.63. The minimum Gasteiger partial charge on any atom is -0.545 e. The van der Waals surface area contributed by atoms with Crippen molar-refractivity contribution >= 4 is 17.6 Å². The minimum absolute atomic E-state index is 0.0327. The highest BCUT2D eigenvalue weighted by Gasteiger charge is 2.12. The molecule has 1 aromatic carbocycles. The number of unbranched alkanes of at least 4 members (excludes halogenated alkanes) is 1. The van der Waals surface area contributed by atoms with Gasteiger partial charge in [0.2, 0.25) is 0 Å². The number of hydrogen-bond donors (Lipinski definition) is 0. The average molecular weight is 258 g/mol. The standard InChI is InChI=1S/C12H15ClO4/c1-3-4-5-17-11-9(13)6-8(12(14)15)7-10(11)16-2/h6-7H,3-5H2,1-2H3,(H,14,15)/p-1. The number of carbonyl (C=O) groups excluding carboxylic acids is 1. The zero-order valence-electron chi connectivity index (χ0n) is 9.79. The fraction of sp³-hybridized carbons (Fsp3) is 0.417. The van der Waals surface area contributed by atoms with Crippen LogP contribution in [0.3, 0.4) is 0 Å². The number of ether oxygens (including phenoxy) is 2. The Hall–Kier alpha value is -1.42. The molecule has 0 saturated heterocycles. The Morgan fingerprint density at radius 2 is 2.18 bits per heavy atom. The largest absolute Gasteiger partial charge is 0.545 e. The molecule has 0 unspecified atom stereocenters. The van der Waals surface area contributed by atoms with Crippen molar-refractivity contribution in [1.29, 1.82) is 0 Å². The Morgan fingerprint density at radius 1 is 1.47 bits per heavy atom. The molecule has 0 heterocycles. The van der Waals surface area contributed by atoms with Gasteiger partial charge in [-0.3, -0.25) is 0 Å². The van der Waals surface area contributed by atoms with Crippen LogP contribution in [0.25, 0.3) is 0 Å². The third-order valence-corrected chi connectivity index (χ3v) is 2.49. The van der Waals surface area contributed by atoms with E-state index in [4.69, 9.17) is 21.1 Å². The molecule has 0 amide bonds. The van der Waals surface area contributed by atoms with E-state index in [-0.39, 0.29) is 10.6 Å². The second kappa shape index (κ2) is 6.35. The Bertz CT molecular complexity index is 404. The normalized spacial score (nSPS) is 10.1. The van der Waals surface area contributed by atoms with Crippen molar-refractivity contribution in [3.05, 3.63) is 22.7 Å². The summed E-state index contributed by atoms with van der Waals surface area (Å²) in [6.45, 7) is 2.55. The van der Waals surface area contributed by atoms with E-state index in [1.54, 1.807) is 0 Å². The number of rotatable bonds is 6. The third-order valence-electron chi connectivity index (χ3n) is 2.21. The van der Waals surface area contributed by atoms with Crippen LogP contribution in [-0.4, -0.2) is 19.7 Å². The molecule has 94 valence electrons. The van der Waals surface area contributed by atoms with Crippen molar-refractivity contribution in [2.45, 2.75) is 19.8 Å². The smallest absolute Gasteiger partial charge is 0.179 e. The molecule has 0 N–H and O–H groups in total. The highest BCUT2D eigenvalue weighted by molar-refractivity contribution is 6.32. The number of aromatic carboxylic acids is 1. The molecule has 0 bridgehead atoms.